The number of halogens is 1. The number of hydrogen-bond donors (Lipinski definition) is 2. The topological polar surface area (TPSA) is 131 Å². The monoisotopic (exact) mass is 429 g/mol. The maximum absolute atomic E-state index is 12.5. The van der Waals surface area contributed by atoms with E-state index in [4.69, 9.17) is 9.84 Å². The Balaban J connectivity index is 2.54. The summed E-state index contributed by atoms with van der Waals surface area (Å²) in [5.74, 6) is -1.03. The first-order valence-corrected chi connectivity index (χ1v) is 8.14. The van der Waals surface area contributed by atoms with Crippen LogP contribution in [0.25, 0.3) is 0 Å². The van der Waals surface area contributed by atoms with E-state index in [1.807, 2.05) is 0 Å². The van der Waals surface area contributed by atoms with Crippen LogP contribution in [-0.4, -0.2) is 60.7 Å². The van der Waals surface area contributed by atoms with Crippen molar-refractivity contribution in [3.63, 3.8) is 0 Å². The zero-order chi connectivity index (χ0) is 19.4. The molecule has 0 fully saturated rings. The normalized spacial score (nSPS) is 13.8. The van der Waals surface area contributed by atoms with Crippen molar-refractivity contribution in [2.45, 2.75) is 0 Å². The minimum absolute atomic E-state index is 0.00583. The van der Waals surface area contributed by atoms with Crippen LogP contribution in [0.1, 0.15) is 0 Å². The summed E-state index contributed by atoms with van der Waals surface area (Å²) >= 11 is 3.21. The average molecular weight is 430 g/mol. The van der Waals surface area contributed by atoms with Crippen LogP contribution >= 0.6 is 15.9 Å². The van der Waals surface area contributed by atoms with Gasteiger partial charge in [-0.2, -0.15) is 0 Å². The number of nitro groups is 1. The molecule has 1 aliphatic rings. The Morgan fingerprint density at radius 2 is 2.15 bits per heavy atom. The molecule has 0 bridgehead atoms. The van der Waals surface area contributed by atoms with Gasteiger partial charge in [-0.15, -0.1) is 0 Å². The molecule has 140 valence electrons. The van der Waals surface area contributed by atoms with Crippen LogP contribution < -0.4 is 10.1 Å². The average Bonchev–Trinajstić information content (AvgIpc) is 2.92. The SMILES string of the molecule is COC(=O)C1=C(Nc2c([N+](=O)[O-])ccc(OC)c2Br)C(=O)N(CCO)C1. The second kappa shape index (κ2) is 8.15. The van der Waals surface area contributed by atoms with E-state index >= 15 is 0 Å². The molecule has 1 aromatic carbocycles. The molecule has 0 unspecified atom stereocenters. The maximum Gasteiger partial charge on any atom is 0.337 e. The Labute approximate surface area is 156 Å². The highest BCUT2D eigenvalue weighted by atomic mass is 79.9. The van der Waals surface area contributed by atoms with Crippen LogP contribution in [0.2, 0.25) is 0 Å². The fourth-order valence-electron chi connectivity index (χ4n) is 2.45. The molecular formula is C15H16BrN3O7. The highest BCUT2D eigenvalue weighted by Gasteiger charge is 2.36. The molecule has 26 heavy (non-hydrogen) atoms. The van der Waals surface area contributed by atoms with Gasteiger partial charge in [0.15, 0.2) is 0 Å². The third-order valence-corrected chi connectivity index (χ3v) is 4.49. The number of ether oxygens (including phenoxy) is 2. The zero-order valence-electron chi connectivity index (χ0n) is 13.9. The van der Waals surface area contributed by atoms with Crippen LogP contribution in [0.15, 0.2) is 27.9 Å². The van der Waals surface area contributed by atoms with E-state index in [0.717, 1.165) is 7.11 Å². The second-order valence-electron chi connectivity index (χ2n) is 5.15. The van der Waals surface area contributed by atoms with Gasteiger partial charge in [0, 0.05) is 12.6 Å². The summed E-state index contributed by atoms with van der Waals surface area (Å²) in [7, 11) is 2.55. The van der Waals surface area contributed by atoms with Crippen molar-refractivity contribution in [1.29, 1.82) is 0 Å². The lowest BCUT2D eigenvalue weighted by atomic mass is 10.2. The van der Waals surface area contributed by atoms with Crippen molar-refractivity contribution in [1.82, 2.24) is 4.90 Å². The number of methoxy groups -OCH3 is 2. The number of hydrogen-bond acceptors (Lipinski definition) is 8. The third-order valence-electron chi connectivity index (χ3n) is 3.70. The summed E-state index contributed by atoms with van der Waals surface area (Å²) in [5, 5.41) is 23.1. The van der Waals surface area contributed by atoms with Gasteiger partial charge in [-0.05, 0) is 22.0 Å². The Kier molecular flexibility index (Phi) is 6.16. The van der Waals surface area contributed by atoms with E-state index < -0.39 is 16.8 Å². The minimum atomic E-state index is -0.747. The maximum atomic E-state index is 12.5. The minimum Gasteiger partial charge on any atom is -0.495 e. The van der Waals surface area contributed by atoms with Crippen molar-refractivity contribution >= 4 is 39.2 Å². The number of aliphatic hydroxyl groups is 1. The Bertz CT molecular complexity index is 794. The summed E-state index contributed by atoms with van der Waals surface area (Å²) in [6.45, 7) is -0.369. The number of carbonyl (C=O) groups is 2. The Hall–Kier alpha value is -2.66. The van der Waals surface area contributed by atoms with Gasteiger partial charge in [-0.3, -0.25) is 14.9 Å². The van der Waals surface area contributed by atoms with E-state index in [-0.39, 0.29) is 46.8 Å². The molecule has 0 aliphatic carbocycles. The molecule has 0 saturated carbocycles. The molecule has 2 rings (SSSR count). The number of esters is 1. The van der Waals surface area contributed by atoms with Crippen molar-refractivity contribution < 1.29 is 29.1 Å². The van der Waals surface area contributed by atoms with Crippen LogP contribution in [-0.2, 0) is 14.3 Å². The molecule has 1 aliphatic heterocycles. The molecule has 1 aromatic rings. The number of aliphatic hydroxyl groups excluding tert-OH is 1. The van der Waals surface area contributed by atoms with Crippen molar-refractivity contribution in [2.75, 3.05) is 39.2 Å². The third kappa shape index (κ3) is 3.63. The van der Waals surface area contributed by atoms with Crippen LogP contribution in [0.4, 0.5) is 11.4 Å². The van der Waals surface area contributed by atoms with Gasteiger partial charge in [-0.25, -0.2) is 4.79 Å². The Morgan fingerprint density at radius 1 is 1.46 bits per heavy atom. The van der Waals surface area contributed by atoms with E-state index in [2.05, 4.69) is 26.0 Å². The summed E-state index contributed by atoms with van der Waals surface area (Å²) in [5.41, 5.74) is -0.495. The van der Waals surface area contributed by atoms with E-state index in [1.54, 1.807) is 0 Å². The number of anilines is 1. The molecule has 0 atom stereocenters. The van der Waals surface area contributed by atoms with Crippen molar-refractivity contribution in [2.24, 2.45) is 0 Å². The number of amides is 1. The number of β-amino-alcohol motifs (C(OH)–C–C–N with tert-alkyl or cyclic N) is 1. The predicted molar refractivity (Wildman–Crippen MR) is 93.7 cm³/mol. The van der Waals surface area contributed by atoms with Gasteiger partial charge >= 0.3 is 5.97 Å². The molecule has 10 nitrogen and oxygen atoms in total. The predicted octanol–water partition coefficient (Wildman–Crippen LogP) is 1.04. The number of benzene rings is 1. The highest BCUT2D eigenvalue weighted by Crippen LogP contribution is 2.41. The zero-order valence-corrected chi connectivity index (χ0v) is 15.5. The van der Waals surface area contributed by atoms with Gasteiger partial charge in [0.1, 0.15) is 17.1 Å². The first-order valence-electron chi connectivity index (χ1n) is 7.35. The molecular weight excluding hydrogens is 414 g/mol. The first kappa shape index (κ1) is 19.7. The molecule has 0 spiro atoms. The van der Waals surface area contributed by atoms with Gasteiger partial charge in [0.05, 0.1) is 42.3 Å². The van der Waals surface area contributed by atoms with Crippen LogP contribution in [0.3, 0.4) is 0 Å². The molecule has 0 aromatic heterocycles. The van der Waals surface area contributed by atoms with E-state index in [0.29, 0.717) is 5.75 Å². The van der Waals surface area contributed by atoms with E-state index in [1.165, 1.54) is 24.1 Å². The standard InChI is InChI=1S/C15H16BrN3O7/c1-25-10-4-3-9(19(23)24)13(11(10)16)17-12-8(15(22)26-2)7-18(5-6-20)14(12)21/h3-4,17,20H,5-7H2,1-2H3. The fourth-order valence-corrected chi connectivity index (χ4v) is 3.05. The quantitative estimate of drug-likeness (QED) is 0.373. The van der Waals surface area contributed by atoms with Gasteiger partial charge in [0.25, 0.3) is 11.6 Å². The highest BCUT2D eigenvalue weighted by molar-refractivity contribution is 9.10. The van der Waals surface area contributed by atoms with Crippen LogP contribution in [0, 0.1) is 10.1 Å². The Morgan fingerprint density at radius 3 is 2.69 bits per heavy atom. The molecule has 0 saturated heterocycles. The number of nitrogens with zero attached hydrogens (tertiary/aromatic N) is 2. The largest absolute Gasteiger partial charge is 0.495 e. The smallest absolute Gasteiger partial charge is 0.337 e. The lowest BCUT2D eigenvalue weighted by molar-refractivity contribution is -0.384. The van der Waals surface area contributed by atoms with Crippen LogP contribution in [0.5, 0.6) is 5.75 Å². The second-order valence-corrected chi connectivity index (χ2v) is 5.95. The summed E-state index contributed by atoms with van der Waals surface area (Å²) in [6, 6.07) is 2.62. The lowest BCUT2D eigenvalue weighted by Crippen LogP contribution is -2.31. The van der Waals surface area contributed by atoms with Crippen molar-refractivity contribution in [3.8, 4) is 5.75 Å². The summed E-state index contributed by atoms with van der Waals surface area (Å²) < 4.78 is 10.0. The van der Waals surface area contributed by atoms with Crippen molar-refractivity contribution in [3.05, 3.63) is 38.0 Å². The molecule has 0 radical (unpaired) electrons. The number of nitro benzene ring substituents is 1. The first-order chi connectivity index (χ1) is 12.3. The number of nitrogens with one attached hydrogen (secondary N) is 1. The number of rotatable bonds is 7. The van der Waals surface area contributed by atoms with Gasteiger partial charge < -0.3 is 24.8 Å². The summed E-state index contributed by atoms with van der Waals surface area (Å²) in [4.78, 5) is 36.5. The summed E-state index contributed by atoms with van der Waals surface area (Å²) in [6.07, 6.45) is 0. The molecule has 1 heterocycles. The molecule has 1 amide bonds. The van der Waals surface area contributed by atoms with Gasteiger partial charge in [0.2, 0.25) is 0 Å². The number of carbonyl (C=O) groups excluding carboxylic acids is 2. The lowest BCUT2D eigenvalue weighted by Gasteiger charge is -2.16. The molecule has 11 heteroatoms. The van der Waals surface area contributed by atoms with Gasteiger partial charge in [-0.1, -0.05) is 0 Å². The fraction of sp³-hybridized carbons (Fsp3) is 0.333. The van der Waals surface area contributed by atoms with E-state index in [9.17, 15) is 19.7 Å². The molecule has 2 N–H and O–H groups in total.